The molecule has 2 rings (SSSR count). The summed E-state index contributed by atoms with van der Waals surface area (Å²) >= 11 is 0. The Morgan fingerprint density at radius 1 is 0.377 bits per heavy atom. The fraction of sp³-hybridized carbons (Fsp3) is 0.731. The van der Waals surface area contributed by atoms with Gasteiger partial charge in [0.05, 0.1) is 11.1 Å². The van der Waals surface area contributed by atoms with E-state index in [-0.39, 0.29) is 35.1 Å². The zero-order valence-corrected chi connectivity index (χ0v) is 39.4. The second-order valence-electron chi connectivity index (χ2n) is 17.8. The molecule has 0 aliphatic heterocycles. The van der Waals surface area contributed by atoms with Crippen LogP contribution in [0.4, 0.5) is 0 Å². The van der Waals surface area contributed by atoms with Crippen LogP contribution in [-0.2, 0) is 22.7 Å². The van der Waals surface area contributed by atoms with Gasteiger partial charge in [0.1, 0.15) is 21.3 Å². The van der Waals surface area contributed by atoms with Gasteiger partial charge in [-0.25, -0.2) is 18.0 Å². The van der Waals surface area contributed by atoms with Crippen LogP contribution in [0.5, 0.6) is 11.5 Å². The number of benzene rings is 2. The van der Waals surface area contributed by atoms with Crippen LogP contribution in [0.1, 0.15) is 264 Å². The highest BCUT2D eigenvalue weighted by atomic mass is 32.2. The van der Waals surface area contributed by atoms with E-state index in [1.54, 1.807) is 0 Å². The number of aromatic carboxylic acids is 2. The molecule has 0 unspecified atom stereocenters. The Kier molecular flexibility index (Phi) is 29.7. The summed E-state index contributed by atoms with van der Waals surface area (Å²) in [6, 6.07) is 4.54. The molecule has 0 aliphatic carbocycles. The van der Waals surface area contributed by atoms with Crippen molar-refractivity contribution in [1.82, 2.24) is 0 Å². The summed E-state index contributed by atoms with van der Waals surface area (Å²) in [7, 11) is -4.75. The minimum Gasteiger partial charge on any atom is -0.507 e. The predicted molar refractivity (Wildman–Crippen MR) is 251 cm³/mol. The molecular formula is C52H86O8S. The van der Waals surface area contributed by atoms with Gasteiger partial charge in [0.15, 0.2) is 0 Å². The monoisotopic (exact) mass is 871 g/mol. The molecule has 9 heteroatoms. The van der Waals surface area contributed by atoms with E-state index >= 15 is 0 Å². The van der Waals surface area contributed by atoms with Crippen molar-refractivity contribution in [1.29, 1.82) is 0 Å². The summed E-state index contributed by atoms with van der Waals surface area (Å²) in [6.45, 7) is 4.50. The summed E-state index contributed by atoms with van der Waals surface area (Å²) in [5.74, 6) is -3.86. The number of carboxylic acids is 2. The van der Waals surface area contributed by atoms with Crippen LogP contribution < -0.4 is 0 Å². The molecule has 4 N–H and O–H groups in total. The first-order valence-electron chi connectivity index (χ1n) is 25.0. The zero-order valence-electron chi connectivity index (χ0n) is 38.6. The van der Waals surface area contributed by atoms with Gasteiger partial charge in [0, 0.05) is 0 Å². The fourth-order valence-corrected chi connectivity index (χ4v) is 10.8. The molecule has 0 spiro atoms. The summed E-state index contributed by atoms with van der Waals surface area (Å²) in [5, 5.41) is 42.3. The maximum Gasteiger partial charge on any atom is 0.336 e. The van der Waals surface area contributed by atoms with Gasteiger partial charge in [0.25, 0.3) is 0 Å². The molecule has 0 saturated heterocycles. The highest BCUT2D eigenvalue weighted by Crippen LogP contribution is 2.41. The molecule has 0 saturated carbocycles. The highest BCUT2D eigenvalue weighted by Gasteiger charge is 2.34. The van der Waals surface area contributed by atoms with Crippen LogP contribution in [0.3, 0.4) is 0 Å². The number of rotatable bonds is 40. The van der Waals surface area contributed by atoms with Crippen molar-refractivity contribution < 1.29 is 38.4 Å². The van der Waals surface area contributed by atoms with E-state index in [0.717, 1.165) is 63.5 Å². The summed E-state index contributed by atoms with van der Waals surface area (Å²) in [6.07, 6.45) is 40.6. The Balaban J connectivity index is 1.92. The molecule has 0 atom stereocenters. The molecule has 61 heavy (non-hydrogen) atoms. The number of hydrogen-bond donors (Lipinski definition) is 4. The Morgan fingerprint density at radius 3 is 0.803 bits per heavy atom. The van der Waals surface area contributed by atoms with Crippen LogP contribution >= 0.6 is 0 Å². The van der Waals surface area contributed by atoms with Gasteiger partial charge in [0.2, 0.25) is 9.84 Å². The predicted octanol–water partition coefficient (Wildman–Crippen LogP) is 15.7. The Bertz CT molecular complexity index is 1490. The van der Waals surface area contributed by atoms with Crippen molar-refractivity contribution in [3.05, 3.63) is 46.5 Å². The first-order valence-corrected chi connectivity index (χ1v) is 26.5. The van der Waals surface area contributed by atoms with E-state index in [2.05, 4.69) is 13.8 Å². The largest absolute Gasteiger partial charge is 0.507 e. The van der Waals surface area contributed by atoms with Gasteiger partial charge in [-0.15, -0.1) is 0 Å². The molecular weight excluding hydrogens is 785 g/mol. The topological polar surface area (TPSA) is 149 Å². The lowest BCUT2D eigenvalue weighted by Crippen LogP contribution is -2.15. The van der Waals surface area contributed by atoms with Crippen LogP contribution in [0.2, 0.25) is 0 Å². The number of phenolic OH excluding ortho intramolecular Hbond substituents is 2. The molecule has 0 bridgehead atoms. The van der Waals surface area contributed by atoms with Crippen molar-refractivity contribution in [2.75, 3.05) is 0 Å². The normalized spacial score (nSPS) is 11.7. The van der Waals surface area contributed by atoms with Gasteiger partial charge in [-0.3, -0.25) is 0 Å². The van der Waals surface area contributed by atoms with Gasteiger partial charge in [-0.05, 0) is 61.1 Å². The summed E-state index contributed by atoms with van der Waals surface area (Å²) < 4.78 is 29.1. The standard InChI is InChI=1S/C52H86O8S/c1-3-5-7-9-11-13-15-17-19-21-23-25-27-29-31-33-35-37-43-45(51(55)56)39-41-47(53)49(43)61(59,60)50-44(46(52(57)58)40-42-48(50)54)38-36-34-32-30-28-26-24-22-20-18-16-14-12-10-8-6-4-2/h39-42,53-54H,3-38H2,1-2H3,(H,55,56)(H,57,58). The SMILES string of the molecule is CCCCCCCCCCCCCCCCCCCc1c(C(=O)O)ccc(O)c1S(=O)(=O)c1c(O)ccc(C(=O)O)c1CCCCCCCCCCCCCCCCCCC. The third kappa shape index (κ3) is 21.7. The Hall–Kier alpha value is -3.07. The van der Waals surface area contributed by atoms with Gasteiger partial charge >= 0.3 is 11.9 Å². The summed E-state index contributed by atoms with van der Waals surface area (Å²) in [5.41, 5.74) is -0.484. The first-order chi connectivity index (χ1) is 29.6. The zero-order chi connectivity index (χ0) is 44.6. The minimum atomic E-state index is -4.75. The molecule has 8 nitrogen and oxygen atoms in total. The third-order valence-corrected chi connectivity index (χ3v) is 14.5. The van der Waals surface area contributed by atoms with E-state index in [9.17, 15) is 38.4 Å². The molecule has 0 amide bonds. The lowest BCUT2D eigenvalue weighted by Gasteiger charge is -2.19. The maximum atomic E-state index is 14.5. The number of hydrogen-bond acceptors (Lipinski definition) is 6. The lowest BCUT2D eigenvalue weighted by atomic mass is 9.99. The lowest BCUT2D eigenvalue weighted by molar-refractivity contribution is 0.0684. The third-order valence-electron chi connectivity index (χ3n) is 12.5. The van der Waals surface area contributed by atoms with Crippen molar-refractivity contribution >= 4 is 21.8 Å². The van der Waals surface area contributed by atoms with Crippen LogP contribution in [0, 0.1) is 0 Å². The molecule has 0 heterocycles. The number of unbranched alkanes of at least 4 members (excludes halogenated alkanes) is 32. The van der Waals surface area contributed by atoms with E-state index in [1.165, 1.54) is 166 Å². The van der Waals surface area contributed by atoms with E-state index in [0.29, 0.717) is 12.8 Å². The minimum absolute atomic E-state index is 0.0163. The molecule has 0 radical (unpaired) electrons. The van der Waals surface area contributed by atoms with E-state index in [4.69, 9.17) is 0 Å². The van der Waals surface area contributed by atoms with Gasteiger partial charge in [-0.2, -0.15) is 0 Å². The van der Waals surface area contributed by atoms with Crippen LogP contribution in [0.15, 0.2) is 34.1 Å². The van der Waals surface area contributed by atoms with Gasteiger partial charge < -0.3 is 20.4 Å². The molecule has 2 aromatic carbocycles. The number of sulfone groups is 1. The fourth-order valence-electron chi connectivity index (χ4n) is 8.88. The number of carboxylic acid groups (broad SMARTS) is 2. The van der Waals surface area contributed by atoms with E-state index in [1.807, 2.05) is 0 Å². The number of aromatic hydroxyl groups is 2. The molecule has 2 aromatic rings. The molecule has 0 aromatic heterocycles. The second kappa shape index (κ2) is 33.5. The van der Waals surface area contributed by atoms with Crippen LogP contribution in [0.25, 0.3) is 0 Å². The molecule has 0 fully saturated rings. The Morgan fingerprint density at radius 2 is 0.590 bits per heavy atom. The second-order valence-corrected chi connectivity index (χ2v) is 19.6. The van der Waals surface area contributed by atoms with Crippen molar-refractivity contribution in [2.45, 2.75) is 255 Å². The number of carbonyl (C=O) groups is 2. The van der Waals surface area contributed by atoms with Crippen LogP contribution in [-0.4, -0.2) is 40.8 Å². The smallest absolute Gasteiger partial charge is 0.336 e. The van der Waals surface area contributed by atoms with Gasteiger partial charge in [-0.1, -0.05) is 219 Å². The highest BCUT2D eigenvalue weighted by molar-refractivity contribution is 7.91. The number of phenols is 2. The average Bonchev–Trinajstić information content (AvgIpc) is 3.22. The quantitative estimate of drug-likeness (QED) is 0.0484. The van der Waals surface area contributed by atoms with Crippen molar-refractivity contribution in [3.63, 3.8) is 0 Å². The van der Waals surface area contributed by atoms with E-state index < -0.39 is 43.1 Å². The average molecular weight is 871 g/mol. The van der Waals surface area contributed by atoms with Crippen molar-refractivity contribution in [3.8, 4) is 11.5 Å². The maximum absolute atomic E-state index is 14.5. The summed E-state index contributed by atoms with van der Waals surface area (Å²) in [4.78, 5) is 23.6. The Labute approximate surface area is 371 Å². The molecule has 0 aliphatic rings. The molecule has 348 valence electrons. The first kappa shape index (κ1) is 54.1. The van der Waals surface area contributed by atoms with Crippen molar-refractivity contribution in [2.24, 2.45) is 0 Å².